The minimum atomic E-state index is -0.200. The summed E-state index contributed by atoms with van der Waals surface area (Å²) in [6.07, 6.45) is 1.75. The highest BCUT2D eigenvalue weighted by Gasteiger charge is 2.19. The number of rotatable bonds is 6. The quantitative estimate of drug-likeness (QED) is 0.661. The van der Waals surface area contributed by atoms with Crippen molar-refractivity contribution in [3.05, 3.63) is 59.9 Å². The fourth-order valence-corrected chi connectivity index (χ4v) is 2.71. The van der Waals surface area contributed by atoms with Crippen molar-refractivity contribution in [2.45, 2.75) is 0 Å². The van der Waals surface area contributed by atoms with Crippen molar-refractivity contribution >= 4 is 5.78 Å². The number of aromatic hydroxyl groups is 1. The molecule has 1 aromatic heterocycles. The van der Waals surface area contributed by atoms with E-state index in [1.807, 2.05) is 0 Å². The van der Waals surface area contributed by atoms with Gasteiger partial charge in [0, 0.05) is 11.8 Å². The minimum Gasteiger partial charge on any atom is -0.508 e. The van der Waals surface area contributed by atoms with Crippen LogP contribution in [0.3, 0.4) is 0 Å². The largest absolute Gasteiger partial charge is 0.508 e. The highest BCUT2D eigenvalue weighted by atomic mass is 16.5. The Morgan fingerprint density at radius 3 is 2.04 bits per heavy atom. The van der Waals surface area contributed by atoms with Crippen LogP contribution in [0.25, 0.3) is 11.1 Å². The van der Waals surface area contributed by atoms with E-state index in [0.717, 1.165) is 11.1 Å². The molecular formula is C20H19NO5. The lowest BCUT2D eigenvalue weighted by molar-refractivity contribution is 0.103. The third-order valence-electron chi connectivity index (χ3n) is 4.06. The van der Waals surface area contributed by atoms with Crippen LogP contribution >= 0.6 is 0 Å². The van der Waals surface area contributed by atoms with E-state index in [9.17, 15) is 9.90 Å². The highest BCUT2D eigenvalue weighted by Crippen LogP contribution is 2.38. The maximum absolute atomic E-state index is 12.9. The lowest BCUT2D eigenvalue weighted by atomic mass is 10.0. The average molecular weight is 353 g/mol. The van der Waals surface area contributed by atoms with Crippen molar-refractivity contribution in [2.24, 2.45) is 0 Å². The van der Waals surface area contributed by atoms with E-state index in [1.165, 1.54) is 21.3 Å². The lowest BCUT2D eigenvalue weighted by Crippen LogP contribution is -2.04. The fourth-order valence-electron chi connectivity index (χ4n) is 2.71. The van der Waals surface area contributed by atoms with Crippen LogP contribution in [0.2, 0.25) is 0 Å². The Labute approximate surface area is 151 Å². The molecule has 0 fully saturated rings. The van der Waals surface area contributed by atoms with Gasteiger partial charge in [-0.3, -0.25) is 4.79 Å². The summed E-state index contributed by atoms with van der Waals surface area (Å²) in [6.45, 7) is 0. The summed E-state index contributed by atoms with van der Waals surface area (Å²) < 4.78 is 15.9. The van der Waals surface area contributed by atoms with Crippen molar-refractivity contribution in [2.75, 3.05) is 21.3 Å². The van der Waals surface area contributed by atoms with E-state index in [-0.39, 0.29) is 11.5 Å². The maximum Gasteiger partial charge on any atom is 0.209 e. The summed E-state index contributed by atoms with van der Waals surface area (Å²) in [5, 5.41) is 9.39. The van der Waals surface area contributed by atoms with Crippen LogP contribution in [0.4, 0.5) is 0 Å². The molecule has 1 heterocycles. The van der Waals surface area contributed by atoms with Crippen molar-refractivity contribution in [1.82, 2.24) is 4.98 Å². The van der Waals surface area contributed by atoms with Crippen molar-refractivity contribution in [3.8, 4) is 34.1 Å². The van der Waals surface area contributed by atoms with Gasteiger partial charge >= 0.3 is 0 Å². The van der Waals surface area contributed by atoms with E-state index in [1.54, 1.807) is 48.7 Å². The van der Waals surface area contributed by atoms with E-state index < -0.39 is 0 Å². The molecule has 6 nitrogen and oxygen atoms in total. The Balaban J connectivity index is 1.96. The van der Waals surface area contributed by atoms with Gasteiger partial charge in [-0.15, -0.1) is 0 Å². The highest BCUT2D eigenvalue weighted by molar-refractivity contribution is 6.09. The number of carbonyl (C=O) groups is 1. The van der Waals surface area contributed by atoms with Crippen molar-refractivity contribution < 1.29 is 24.1 Å². The average Bonchev–Trinajstić information content (AvgIpc) is 3.16. The normalized spacial score (nSPS) is 10.4. The summed E-state index contributed by atoms with van der Waals surface area (Å²) in [5.41, 5.74) is 2.59. The molecule has 6 heteroatoms. The monoisotopic (exact) mass is 353 g/mol. The molecule has 0 radical (unpaired) electrons. The number of benzene rings is 2. The molecular weight excluding hydrogens is 334 g/mol. The fraction of sp³-hybridized carbons (Fsp3) is 0.150. The standard InChI is InChI=1S/C20H19NO5/c1-24-17-9-13(10-18(25-2)20(17)26-3)19(23)16-8-14(11-21-16)12-4-6-15(22)7-5-12/h4-11,21-22H,1-3H3. The van der Waals surface area contributed by atoms with Gasteiger partial charge in [-0.2, -0.15) is 0 Å². The number of ether oxygens (including phenoxy) is 3. The topological polar surface area (TPSA) is 80.8 Å². The molecule has 3 rings (SSSR count). The number of aromatic amines is 1. The van der Waals surface area contributed by atoms with Gasteiger partial charge in [0.05, 0.1) is 27.0 Å². The van der Waals surface area contributed by atoms with Gasteiger partial charge in [-0.25, -0.2) is 0 Å². The molecule has 0 unspecified atom stereocenters. The number of methoxy groups -OCH3 is 3. The van der Waals surface area contributed by atoms with Gasteiger partial charge in [0.2, 0.25) is 11.5 Å². The van der Waals surface area contributed by atoms with E-state index in [0.29, 0.717) is 28.5 Å². The van der Waals surface area contributed by atoms with Gasteiger partial charge in [0.15, 0.2) is 11.5 Å². The molecule has 0 saturated heterocycles. The van der Waals surface area contributed by atoms with Crippen LogP contribution in [-0.4, -0.2) is 37.2 Å². The molecule has 0 amide bonds. The number of H-pyrrole nitrogens is 1. The Kier molecular flexibility index (Phi) is 4.84. The van der Waals surface area contributed by atoms with Crippen LogP contribution in [0, 0.1) is 0 Å². The Bertz CT molecular complexity index is 903. The zero-order valence-corrected chi connectivity index (χ0v) is 14.7. The van der Waals surface area contributed by atoms with Crippen molar-refractivity contribution in [1.29, 1.82) is 0 Å². The van der Waals surface area contributed by atoms with Crippen LogP contribution in [0.15, 0.2) is 48.7 Å². The predicted molar refractivity (Wildman–Crippen MR) is 97.4 cm³/mol. The van der Waals surface area contributed by atoms with Gasteiger partial charge in [-0.1, -0.05) is 12.1 Å². The van der Waals surface area contributed by atoms with E-state index in [2.05, 4.69) is 4.98 Å². The van der Waals surface area contributed by atoms with Crippen LogP contribution in [0.1, 0.15) is 16.1 Å². The molecule has 2 aromatic carbocycles. The molecule has 0 atom stereocenters. The molecule has 2 N–H and O–H groups in total. The molecule has 0 spiro atoms. The van der Waals surface area contributed by atoms with Gasteiger partial charge in [0.25, 0.3) is 0 Å². The first-order valence-corrected chi connectivity index (χ1v) is 7.90. The summed E-state index contributed by atoms with van der Waals surface area (Å²) in [4.78, 5) is 15.9. The molecule has 0 bridgehead atoms. The van der Waals surface area contributed by atoms with Crippen LogP contribution in [-0.2, 0) is 0 Å². The Morgan fingerprint density at radius 1 is 0.885 bits per heavy atom. The number of nitrogens with one attached hydrogen (secondary N) is 1. The second-order valence-electron chi connectivity index (χ2n) is 5.59. The summed E-state index contributed by atoms with van der Waals surface area (Å²) in [6, 6.07) is 11.8. The third kappa shape index (κ3) is 3.21. The second-order valence-corrected chi connectivity index (χ2v) is 5.59. The number of carbonyl (C=O) groups excluding carboxylic acids is 1. The predicted octanol–water partition coefficient (Wildman–Crippen LogP) is 3.64. The van der Waals surface area contributed by atoms with Crippen LogP contribution in [0.5, 0.6) is 23.0 Å². The number of hydrogen-bond acceptors (Lipinski definition) is 5. The minimum absolute atomic E-state index is 0.193. The zero-order valence-electron chi connectivity index (χ0n) is 14.7. The van der Waals surface area contributed by atoms with E-state index >= 15 is 0 Å². The number of hydrogen-bond donors (Lipinski definition) is 2. The molecule has 26 heavy (non-hydrogen) atoms. The molecule has 0 aliphatic carbocycles. The molecule has 0 aliphatic rings. The van der Waals surface area contributed by atoms with Gasteiger partial charge < -0.3 is 24.3 Å². The maximum atomic E-state index is 12.9. The van der Waals surface area contributed by atoms with Gasteiger partial charge in [0.1, 0.15) is 5.75 Å². The molecule has 3 aromatic rings. The number of phenolic OH excluding ortho intramolecular Hbond substituents is 1. The molecule has 0 aliphatic heterocycles. The van der Waals surface area contributed by atoms with E-state index in [4.69, 9.17) is 14.2 Å². The summed E-state index contributed by atoms with van der Waals surface area (Å²) in [7, 11) is 4.52. The first kappa shape index (κ1) is 17.4. The third-order valence-corrected chi connectivity index (χ3v) is 4.06. The summed E-state index contributed by atoms with van der Waals surface area (Å²) >= 11 is 0. The lowest BCUT2D eigenvalue weighted by Gasteiger charge is -2.13. The van der Waals surface area contributed by atoms with Gasteiger partial charge in [-0.05, 0) is 41.5 Å². The smallest absolute Gasteiger partial charge is 0.209 e. The number of phenols is 1. The molecule has 0 saturated carbocycles. The number of ketones is 1. The van der Waals surface area contributed by atoms with Crippen LogP contribution < -0.4 is 14.2 Å². The SMILES string of the molecule is COc1cc(C(=O)c2cc(-c3ccc(O)cc3)c[nH]2)cc(OC)c1OC. The van der Waals surface area contributed by atoms with Crippen molar-refractivity contribution in [3.63, 3.8) is 0 Å². The summed E-state index contributed by atoms with van der Waals surface area (Å²) in [5.74, 6) is 1.26. The Morgan fingerprint density at radius 2 is 1.50 bits per heavy atom. The first-order valence-electron chi connectivity index (χ1n) is 7.90. The molecule has 134 valence electrons. The second kappa shape index (κ2) is 7.23. The zero-order chi connectivity index (χ0) is 18.7. The number of aromatic nitrogens is 1. The first-order chi connectivity index (χ1) is 12.6. The Hall–Kier alpha value is -3.41.